The topological polar surface area (TPSA) is 66.9 Å². The fourth-order valence-corrected chi connectivity index (χ4v) is 5.84. The van der Waals surface area contributed by atoms with Crippen molar-refractivity contribution in [2.24, 2.45) is 0 Å². The van der Waals surface area contributed by atoms with E-state index in [2.05, 4.69) is 4.90 Å². The number of piperazine rings is 1. The molecule has 3 aromatic carbocycles. The molecular weight excluding hydrogens is 538 g/mol. The molecule has 1 unspecified atom stereocenters. The number of hydrogen-bond acceptors (Lipinski definition) is 5. The highest BCUT2D eigenvalue weighted by Crippen LogP contribution is 2.36. The quantitative estimate of drug-likeness (QED) is 0.374. The lowest BCUT2D eigenvalue weighted by Gasteiger charge is -2.37. The summed E-state index contributed by atoms with van der Waals surface area (Å²) in [5.74, 6) is -0.685. The van der Waals surface area contributed by atoms with Crippen molar-refractivity contribution in [2.75, 3.05) is 44.4 Å². The van der Waals surface area contributed by atoms with Crippen LogP contribution in [0.15, 0.2) is 59.5 Å². The molecular formula is C27H27Cl2FN2O4S. The zero-order chi connectivity index (χ0) is 26.9. The highest BCUT2D eigenvalue weighted by atomic mass is 35.5. The molecule has 3 aromatic rings. The summed E-state index contributed by atoms with van der Waals surface area (Å²) < 4.78 is 43.3. The molecule has 37 heavy (non-hydrogen) atoms. The molecule has 0 radical (unpaired) electrons. The van der Waals surface area contributed by atoms with Gasteiger partial charge in [-0.05, 0) is 54.4 Å². The van der Waals surface area contributed by atoms with Crippen LogP contribution in [-0.4, -0.2) is 58.8 Å². The van der Waals surface area contributed by atoms with E-state index in [1.54, 1.807) is 30.2 Å². The van der Waals surface area contributed by atoms with Crippen molar-refractivity contribution in [2.45, 2.75) is 17.9 Å². The Morgan fingerprint density at radius 1 is 0.973 bits per heavy atom. The largest absolute Gasteiger partial charge is 0.377 e. The number of anilines is 1. The number of carbonyl (C=O) groups is 1. The molecule has 1 heterocycles. The minimum Gasteiger partial charge on any atom is -0.377 e. The predicted molar refractivity (Wildman–Crippen MR) is 145 cm³/mol. The number of benzene rings is 3. The average molecular weight is 565 g/mol. The molecule has 0 aromatic heterocycles. The van der Waals surface area contributed by atoms with Crippen molar-refractivity contribution in [3.8, 4) is 11.1 Å². The Labute approximate surface area is 226 Å². The minimum atomic E-state index is -3.53. The molecule has 6 nitrogen and oxygen atoms in total. The molecule has 10 heteroatoms. The fraction of sp³-hybridized carbons (Fsp3) is 0.296. The highest BCUT2D eigenvalue weighted by Gasteiger charge is 2.27. The summed E-state index contributed by atoms with van der Waals surface area (Å²) in [5, 5.41) is 1.02. The maximum absolute atomic E-state index is 13.6. The van der Waals surface area contributed by atoms with Gasteiger partial charge in [-0.15, -0.1) is 0 Å². The van der Waals surface area contributed by atoms with Crippen LogP contribution in [0, 0.1) is 5.82 Å². The number of rotatable bonds is 6. The molecule has 1 saturated heterocycles. The van der Waals surface area contributed by atoms with Gasteiger partial charge in [0.25, 0.3) is 5.91 Å². The van der Waals surface area contributed by atoms with Gasteiger partial charge in [-0.3, -0.25) is 4.79 Å². The van der Waals surface area contributed by atoms with Crippen LogP contribution in [0.25, 0.3) is 11.1 Å². The standard InChI is InChI=1S/C27H27Cl2FN2O4S/c1-17(36-2)26-24(28)14-20(15-25(26)29)31-10-12-32(13-11-31)27(33)23-16-21(37(3,34)35)8-9-22(23)18-4-6-19(30)7-5-18/h4-9,14-17H,10-13H2,1-3H3. The summed E-state index contributed by atoms with van der Waals surface area (Å²) >= 11 is 13.0. The molecule has 1 atom stereocenters. The Morgan fingerprint density at radius 2 is 1.57 bits per heavy atom. The molecule has 4 rings (SSSR count). The number of amides is 1. The van der Waals surface area contributed by atoms with E-state index >= 15 is 0 Å². The molecule has 1 aliphatic rings. The maximum atomic E-state index is 13.6. The van der Waals surface area contributed by atoms with Gasteiger partial charge in [0.15, 0.2) is 9.84 Å². The monoisotopic (exact) mass is 564 g/mol. The van der Waals surface area contributed by atoms with Crippen molar-refractivity contribution in [3.63, 3.8) is 0 Å². The van der Waals surface area contributed by atoms with Crippen molar-refractivity contribution in [3.05, 3.63) is 81.6 Å². The van der Waals surface area contributed by atoms with Crippen molar-refractivity contribution in [1.29, 1.82) is 0 Å². The molecule has 0 spiro atoms. The van der Waals surface area contributed by atoms with E-state index in [9.17, 15) is 17.6 Å². The van der Waals surface area contributed by atoms with Crippen LogP contribution in [0.2, 0.25) is 10.0 Å². The van der Waals surface area contributed by atoms with E-state index in [1.165, 1.54) is 24.3 Å². The lowest BCUT2D eigenvalue weighted by Crippen LogP contribution is -2.49. The summed E-state index contributed by atoms with van der Waals surface area (Å²) in [6.45, 7) is 3.77. The first kappa shape index (κ1) is 27.4. The van der Waals surface area contributed by atoms with Crippen molar-refractivity contribution in [1.82, 2.24) is 4.90 Å². The summed E-state index contributed by atoms with van der Waals surface area (Å²) in [6.07, 6.45) is 0.850. The second kappa shape index (κ2) is 11.0. The van der Waals surface area contributed by atoms with E-state index in [0.717, 1.165) is 17.5 Å². The maximum Gasteiger partial charge on any atom is 0.254 e. The number of carbonyl (C=O) groups excluding carboxylic acids is 1. The fourth-order valence-electron chi connectivity index (χ4n) is 4.41. The van der Waals surface area contributed by atoms with Crippen molar-refractivity contribution >= 4 is 44.6 Å². The van der Waals surface area contributed by atoms with Gasteiger partial charge in [0.05, 0.1) is 11.0 Å². The SMILES string of the molecule is COC(C)c1c(Cl)cc(N2CCN(C(=O)c3cc(S(C)(=O)=O)ccc3-c3ccc(F)cc3)CC2)cc1Cl. The summed E-state index contributed by atoms with van der Waals surface area (Å²) in [7, 11) is -1.94. The van der Waals surface area contributed by atoms with Crippen molar-refractivity contribution < 1.29 is 22.3 Å². The smallest absolute Gasteiger partial charge is 0.254 e. The predicted octanol–water partition coefficient (Wildman–Crippen LogP) is 5.87. The van der Waals surface area contributed by atoms with E-state index in [0.29, 0.717) is 47.4 Å². The van der Waals surface area contributed by atoms with Crippen LogP contribution in [0.3, 0.4) is 0 Å². The number of hydrogen-bond donors (Lipinski definition) is 0. The van der Waals surface area contributed by atoms with Crippen LogP contribution >= 0.6 is 23.2 Å². The van der Waals surface area contributed by atoms with E-state index < -0.39 is 15.7 Å². The van der Waals surface area contributed by atoms with E-state index in [1.807, 2.05) is 19.1 Å². The summed E-state index contributed by atoms with van der Waals surface area (Å²) in [4.78, 5) is 17.5. The Morgan fingerprint density at radius 3 is 2.11 bits per heavy atom. The third kappa shape index (κ3) is 5.93. The lowest BCUT2D eigenvalue weighted by atomic mass is 9.98. The lowest BCUT2D eigenvalue weighted by molar-refractivity contribution is 0.0747. The first-order valence-corrected chi connectivity index (χ1v) is 14.3. The van der Waals surface area contributed by atoms with Gasteiger partial charge in [-0.1, -0.05) is 41.4 Å². The van der Waals surface area contributed by atoms with Gasteiger partial charge in [-0.25, -0.2) is 12.8 Å². The summed E-state index contributed by atoms with van der Waals surface area (Å²) in [5.41, 5.74) is 2.99. The molecule has 0 bridgehead atoms. The molecule has 1 aliphatic heterocycles. The number of sulfone groups is 1. The number of methoxy groups -OCH3 is 1. The first-order chi connectivity index (χ1) is 17.5. The zero-order valence-corrected chi connectivity index (χ0v) is 23.0. The first-order valence-electron chi connectivity index (χ1n) is 11.7. The van der Waals surface area contributed by atoms with Crippen LogP contribution in [0.4, 0.5) is 10.1 Å². The summed E-state index contributed by atoms with van der Waals surface area (Å²) in [6, 6.07) is 13.9. The van der Waals surface area contributed by atoms with E-state index in [-0.39, 0.29) is 22.5 Å². The molecule has 0 N–H and O–H groups in total. The Kier molecular flexibility index (Phi) is 8.14. The second-order valence-electron chi connectivity index (χ2n) is 8.97. The highest BCUT2D eigenvalue weighted by molar-refractivity contribution is 7.90. The van der Waals surface area contributed by atoms with Gasteiger partial charge in [0.1, 0.15) is 5.82 Å². The molecule has 0 aliphatic carbocycles. The van der Waals surface area contributed by atoms with Crippen LogP contribution in [0.5, 0.6) is 0 Å². The van der Waals surface area contributed by atoms with Crippen LogP contribution < -0.4 is 4.90 Å². The van der Waals surface area contributed by atoms with E-state index in [4.69, 9.17) is 27.9 Å². The molecule has 196 valence electrons. The van der Waals surface area contributed by atoms with Gasteiger partial charge in [0, 0.05) is 66.4 Å². The van der Waals surface area contributed by atoms with Gasteiger partial charge in [0.2, 0.25) is 0 Å². The Hall–Kier alpha value is -2.65. The average Bonchev–Trinajstić information content (AvgIpc) is 2.87. The van der Waals surface area contributed by atoms with Crippen LogP contribution in [-0.2, 0) is 14.6 Å². The second-order valence-corrected chi connectivity index (χ2v) is 11.8. The number of nitrogens with zero attached hydrogens (tertiary/aromatic N) is 2. The number of halogens is 3. The molecule has 1 fully saturated rings. The van der Waals surface area contributed by atoms with Gasteiger partial charge < -0.3 is 14.5 Å². The zero-order valence-electron chi connectivity index (χ0n) is 20.7. The van der Waals surface area contributed by atoms with Gasteiger partial charge in [-0.2, -0.15) is 0 Å². The minimum absolute atomic E-state index is 0.0509. The Bertz CT molecular complexity index is 1400. The van der Waals surface area contributed by atoms with Gasteiger partial charge >= 0.3 is 0 Å². The van der Waals surface area contributed by atoms with Crippen LogP contribution in [0.1, 0.15) is 28.9 Å². The third-order valence-electron chi connectivity index (χ3n) is 6.56. The molecule has 0 saturated carbocycles. The third-order valence-corrected chi connectivity index (χ3v) is 8.30. The number of ether oxygens (including phenoxy) is 1. The Balaban J connectivity index is 1.59. The molecule has 1 amide bonds. The normalized spacial score (nSPS) is 15.1.